The Labute approximate surface area is 102 Å². The SMILES string of the molecule is CCc1cc(B(O)O)ccc1-c1ccccc1. The predicted molar refractivity (Wildman–Crippen MR) is 71.1 cm³/mol. The van der Waals surface area contributed by atoms with Crippen molar-refractivity contribution >= 4 is 12.6 Å². The van der Waals surface area contributed by atoms with Crippen LogP contribution in [0.15, 0.2) is 48.5 Å². The topological polar surface area (TPSA) is 40.5 Å². The van der Waals surface area contributed by atoms with Crippen LogP contribution in [0, 0.1) is 0 Å². The van der Waals surface area contributed by atoms with Crippen LogP contribution in [-0.2, 0) is 6.42 Å². The molecule has 0 saturated carbocycles. The van der Waals surface area contributed by atoms with Gasteiger partial charge in [-0.15, -0.1) is 0 Å². The summed E-state index contributed by atoms with van der Waals surface area (Å²) in [4.78, 5) is 0. The lowest BCUT2D eigenvalue weighted by molar-refractivity contribution is 0.425. The summed E-state index contributed by atoms with van der Waals surface area (Å²) in [6.45, 7) is 2.06. The largest absolute Gasteiger partial charge is 0.488 e. The Balaban J connectivity index is 2.49. The lowest BCUT2D eigenvalue weighted by Crippen LogP contribution is -2.30. The molecule has 17 heavy (non-hydrogen) atoms. The Hall–Kier alpha value is -1.58. The monoisotopic (exact) mass is 226 g/mol. The molecule has 2 aromatic rings. The summed E-state index contributed by atoms with van der Waals surface area (Å²) >= 11 is 0. The molecule has 0 aromatic heterocycles. The molecule has 0 radical (unpaired) electrons. The molecule has 3 heteroatoms. The molecule has 2 aromatic carbocycles. The van der Waals surface area contributed by atoms with E-state index in [0.29, 0.717) is 5.46 Å². The maximum absolute atomic E-state index is 9.16. The third-order valence-electron chi connectivity index (χ3n) is 2.89. The van der Waals surface area contributed by atoms with Gasteiger partial charge in [0, 0.05) is 0 Å². The van der Waals surface area contributed by atoms with Crippen LogP contribution in [-0.4, -0.2) is 17.2 Å². The van der Waals surface area contributed by atoms with Crippen LogP contribution in [0.2, 0.25) is 0 Å². The average molecular weight is 226 g/mol. The van der Waals surface area contributed by atoms with Crippen molar-refractivity contribution in [3.63, 3.8) is 0 Å². The van der Waals surface area contributed by atoms with E-state index in [-0.39, 0.29) is 0 Å². The molecule has 0 aliphatic rings. The number of rotatable bonds is 3. The molecular formula is C14H15BO2. The zero-order valence-electron chi connectivity index (χ0n) is 9.80. The normalized spacial score (nSPS) is 10.3. The highest BCUT2D eigenvalue weighted by Gasteiger charge is 2.13. The summed E-state index contributed by atoms with van der Waals surface area (Å²) in [5.74, 6) is 0. The van der Waals surface area contributed by atoms with Crippen molar-refractivity contribution in [3.05, 3.63) is 54.1 Å². The van der Waals surface area contributed by atoms with Crippen molar-refractivity contribution in [1.82, 2.24) is 0 Å². The van der Waals surface area contributed by atoms with Gasteiger partial charge in [0.1, 0.15) is 0 Å². The molecular weight excluding hydrogens is 211 g/mol. The molecule has 2 nitrogen and oxygen atoms in total. The fraction of sp³-hybridized carbons (Fsp3) is 0.143. The van der Waals surface area contributed by atoms with Crippen LogP contribution in [0.1, 0.15) is 12.5 Å². The Kier molecular flexibility index (Phi) is 3.62. The van der Waals surface area contributed by atoms with E-state index >= 15 is 0 Å². The Morgan fingerprint density at radius 1 is 1.00 bits per heavy atom. The van der Waals surface area contributed by atoms with Gasteiger partial charge in [0.2, 0.25) is 0 Å². The number of hydrogen-bond acceptors (Lipinski definition) is 2. The van der Waals surface area contributed by atoms with Crippen molar-refractivity contribution in [1.29, 1.82) is 0 Å². The zero-order valence-corrected chi connectivity index (χ0v) is 9.80. The van der Waals surface area contributed by atoms with Crippen molar-refractivity contribution in [2.75, 3.05) is 0 Å². The molecule has 0 unspecified atom stereocenters. The van der Waals surface area contributed by atoms with Gasteiger partial charge in [0.05, 0.1) is 0 Å². The highest BCUT2D eigenvalue weighted by molar-refractivity contribution is 6.58. The van der Waals surface area contributed by atoms with E-state index in [2.05, 4.69) is 19.1 Å². The number of aryl methyl sites for hydroxylation is 1. The predicted octanol–water partition coefficient (Wildman–Crippen LogP) is 1.60. The molecule has 0 amide bonds. The van der Waals surface area contributed by atoms with Crippen molar-refractivity contribution in [3.8, 4) is 11.1 Å². The molecule has 0 atom stereocenters. The van der Waals surface area contributed by atoms with E-state index in [1.165, 1.54) is 0 Å². The van der Waals surface area contributed by atoms with Gasteiger partial charge in [0.15, 0.2) is 0 Å². The number of hydrogen-bond donors (Lipinski definition) is 2. The lowest BCUT2D eigenvalue weighted by atomic mass is 9.78. The Morgan fingerprint density at radius 3 is 2.29 bits per heavy atom. The van der Waals surface area contributed by atoms with Gasteiger partial charge in [-0.1, -0.05) is 55.5 Å². The zero-order chi connectivity index (χ0) is 12.3. The molecule has 0 bridgehead atoms. The molecule has 86 valence electrons. The minimum absolute atomic E-state index is 0.543. The highest BCUT2D eigenvalue weighted by atomic mass is 16.4. The van der Waals surface area contributed by atoms with Crippen LogP contribution in [0.5, 0.6) is 0 Å². The van der Waals surface area contributed by atoms with Gasteiger partial charge in [-0.05, 0) is 28.6 Å². The second-order valence-corrected chi connectivity index (χ2v) is 4.01. The van der Waals surface area contributed by atoms with E-state index in [9.17, 15) is 0 Å². The van der Waals surface area contributed by atoms with Crippen LogP contribution in [0.25, 0.3) is 11.1 Å². The summed E-state index contributed by atoms with van der Waals surface area (Å²) in [5.41, 5.74) is 3.98. The molecule has 0 aliphatic heterocycles. The van der Waals surface area contributed by atoms with Gasteiger partial charge in [-0.3, -0.25) is 0 Å². The quantitative estimate of drug-likeness (QED) is 0.780. The van der Waals surface area contributed by atoms with E-state index in [1.54, 1.807) is 6.07 Å². The van der Waals surface area contributed by atoms with E-state index in [0.717, 1.165) is 23.1 Å². The molecule has 0 saturated heterocycles. The average Bonchev–Trinajstić information content (AvgIpc) is 2.39. The summed E-state index contributed by atoms with van der Waals surface area (Å²) < 4.78 is 0. The first kappa shape index (κ1) is 11.9. The van der Waals surface area contributed by atoms with Crippen molar-refractivity contribution < 1.29 is 10.0 Å². The third-order valence-corrected chi connectivity index (χ3v) is 2.89. The smallest absolute Gasteiger partial charge is 0.423 e. The molecule has 2 N–H and O–H groups in total. The van der Waals surface area contributed by atoms with Gasteiger partial charge in [-0.2, -0.15) is 0 Å². The van der Waals surface area contributed by atoms with Gasteiger partial charge >= 0.3 is 7.12 Å². The van der Waals surface area contributed by atoms with E-state index < -0.39 is 7.12 Å². The fourth-order valence-corrected chi connectivity index (χ4v) is 1.97. The van der Waals surface area contributed by atoms with E-state index in [4.69, 9.17) is 10.0 Å². The molecule has 0 spiro atoms. The van der Waals surface area contributed by atoms with Crippen LogP contribution in [0.4, 0.5) is 0 Å². The second-order valence-electron chi connectivity index (χ2n) is 4.01. The summed E-state index contributed by atoms with van der Waals surface area (Å²) in [6, 6.07) is 15.7. The standard InChI is InChI=1S/C14H15BO2/c1-2-11-10-13(15(16)17)8-9-14(11)12-6-4-3-5-7-12/h3-10,16-17H,2H2,1H3. The lowest BCUT2D eigenvalue weighted by Gasteiger charge is -2.10. The molecule has 0 heterocycles. The molecule has 0 aliphatic carbocycles. The number of benzene rings is 2. The summed E-state index contributed by atoms with van der Waals surface area (Å²) in [7, 11) is -1.40. The van der Waals surface area contributed by atoms with Crippen molar-refractivity contribution in [2.24, 2.45) is 0 Å². The Bertz CT molecular complexity index is 495. The first-order valence-corrected chi connectivity index (χ1v) is 5.76. The molecule has 2 rings (SSSR count). The Morgan fingerprint density at radius 2 is 1.71 bits per heavy atom. The fourth-order valence-electron chi connectivity index (χ4n) is 1.97. The first-order chi connectivity index (χ1) is 8.22. The first-order valence-electron chi connectivity index (χ1n) is 5.76. The minimum Gasteiger partial charge on any atom is -0.423 e. The summed E-state index contributed by atoms with van der Waals surface area (Å²) in [6.07, 6.45) is 0.866. The molecule has 0 fully saturated rings. The second kappa shape index (κ2) is 5.17. The van der Waals surface area contributed by atoms with Gasteiger partial charge in [-0.25, -0.2) is 0 Å². The van der Waals surface area contributed by atoms with Gasteiger partial charge in [0.25, 0.3) is 0 Å². The highest BCUT2D eigenvalue weighted by Crippen LogP contribution is 2.23. The van der Waals surface area contributed by atoms with Crippen LogP contribution < -0.4 is 5.46 Å². The van der Waals surface area contributed by atoms with Crippen LogP contribution >= 0.6 is 0 Å². The van der Waals surface area contributed by atoms with Crippen molar-refractivity contribution in [2.45, 2.75) is 13.3 Å². The van der Waals surface area contributed by atoms with Gasteiger partial charge < -0.3 is 10.0 Å². The van der Waals surface area contributed by atoms with E-state index in [1.807, 2.05) is 30.3 Å². The summed E-state index contributed by atoms with van der Waals surface area (Å²) in [5, 5.41) is 18.3. The third kappa shape index (κ3) is 2.57. The maximum Gasteiger partial charge on any atom is 0.488 e. The minimum atomic E-state index is -1.40. The van der Waals surface area contributed by atoms with Crippen LogP contribution in [0.3, 0.4) is 0 Å². The maximum atomic E-state index is 9.16.